The van der Waals surface area contributed by atoms with Crippen LogP contribution in [0.3, 0.4) is 0 Å². The van der Waals surface area contributed by atoms with Gasteiger partial charge in [-0.1, -0.05) is 0 Å². The highest BCUT2D eigenvalue weighted by Crippen LogP contribution is 2.63. The van der Waals surface area contributed by atoms with E-state index >= 15 is 0 Å². The molecule has 0 aromatic carbocycles. The van der Waals surface area contributed by atoms with Crippen molar-refractivity contribution in [1.82, 2.24) is 20.1 Å². The first-order valence-electron chi connectivity index (χ1n) is 8.01. The molecular weight excluding hydrogens is 304 g/mol. The zero-order valence-corrected chi connectivity index (χ0v) is 13.2. The van der Waals surface area contributed by atoms with Gasteiger partial charge in [-0.15, -0.1) is 11.6 Å². The molecule has 1 aromatic heterocycles. The van der Waals surface area contributed by atoms with E-state index in [1.165, 1.54) is 30.2 Å². The molecule has 7 heteroatoms. The van der Waals surface area contributed by atoms with E-state index in [-0.39, 0.29) is 28.4 Å². The fraction of sp³-hybridized carbons (Fsp3) is 0.800. The Kier molecular flexibility index (Phi) is 3.15. The minimum atomic E-state index is -0.357. The molecule has 22 heavy (non-hydrogen) atoms. The molecule has 5 rings (SSSR count). The highest BCUT2D eigenvalue weighted by Gasteiger charge is 2.56. The van der Waals surface area contributed by atoms with Crippen LogP contribution in [0.5, 0.6) is 0 Å². The second kappa shape index (κ2) is 4.85. The maximum atomic E-state index is 12.1. The molecule has 6 nitrogen and oxygen atoms in total. The van der Waals surface area contributed by atoms with Gasteiger partial charge in [0.2, 0.25) is 5.91 Å². The van der Waals surface area contributed by atoms with E-state index in [0.717, 1.165) is 31.1 Å². The Morgan fingerprint density at radius 3 is 2.73 bits per heavy atom. The molecule has 2 N–H and O–H groups in total. The standard InChI is InChI=1S/C15H21ClN4O2/c16-15-4-10-1-11(5-15)3-14(2-10,7-15)8-17-12(21)6-20-9-18-19-13(20)22/h9-11H,1-8H2,(H,17,21)(H,19,22). The van der Waals surface area contributed by atoms with Crippen molar-refractivity contribution in [3.8, 4) is 0 Å². The van der Waals surface area contributed by atoms with E-state index in [4.69, 9.17) is 11.6 Å². The number of H-pyrrole nitrogens is 1. The lowest BCUT2D eigenvalue weighted by molar-refractivity contribution is -0.123. The number of hydrogen-bond donors (Lipinski definition) is 2. The van der Waals surface area contributed by atoms with Gasteiger partial charge in [-0.25, -0.2) is 9.89 Å². The van der Waals surface area contributed by atoms with E-state index in [2.05, 4.69) is 15.5 Å². The summed E-state index contributed by atoms with van der Waals surface area (Å²) in [5.74, 6) is 1.32. The smallest absolute Gasteiger partial charge is 0.343 e. The third kappa shape index (κ3) is 2.47. The zero-order chi connectivity index (χ0) is 15.4. The van der Waals surface area contributed by atoms with Crippen molar-refractivity contribution in [2.75, 3.05) is 6.54 Å². The first kappa shape index (κ1) is 14.3. The lowest BCUT2D eigenvalue weighted by atomic mass is 9.49. The van der Waals surface area contributed by atoms with Crippen molar-refractivity contribution in [3.63, 3.8) is 0 Å². The van der Waals surface area contributed by atoms with Gasteiger partial charge in [-0.05, 0) is 55.8 Å². The number of halogens is 1. The number of nitrogens with one attached hydrogen (secondary N) is 2. The van der Waals surface area contributed by atoms with Crippen molar-refractivity contribution in [2.45, 2.75) is 49.9 Å². The van der Waals surface area contributed by atoms with Gasteiger partial charge >= 0.3 is 5.69 Å². The van der Waals surface area contributed by atoms with Gasteiger partial charge < -0.3 is 5.32 Å². The molecule has 2 unspecified atom stereocenters. The summed E-state index contributed by atoms with van der Waals surface area (Å²) in [6.45, 7) is 0.699. The van der Waals surface area contributed by atoms with Crippen LogP contribution in [0, 0.1) is 17.3 Å². The summed E-state index contributed by atoms with van der Waals surface area (Å²) in [5.41, 5.74) is -0.187. The Morgan fingerprint density at radius 1 is 1.41 bits per heavy atom. The summed E-state index contributed by atoms with van der Waals surface area (Å²) in [4.78, 5) is 23.4. The molecule has 4 saturated carbocycles. The van der Waals surface area contributed by atoms with E-state index in [0.29, 0.717) is 6.54 Å². The SMILES string of the molecule is O=C(Cn1cn[nH]c1=O)NCC12CC3CC(CC(Cl)(C3)C1)C2. The minimum Gasteiger partial charge on any atom is -0.354 e. The monoisotopic (exact) mass is 324 g/mol. The number of rotatable bonds is 4. The molecule has 4 aliphatic carbocycles. The number of carbonyl (C=O) groups is 1. The quantitative estimate of drug-likeness (QED) is 0.818. The Labute approximate surface area is 133 Å². The van der Waals surface area contributed by atoms with Crippen LogP contribution in [0.2, 0.25) is 0 Å². The number of carbonyl (C=O) groups excluding carboxylic acids is 1. The first-order valence-corrected chi connectivity index (χ1v) is 8.39. The van der Waals surface area contributed by atoms with Crippen LogP contribution in [-0.2, 0) is 11.3 Å². The molecule has 4 bridgehead atoms. The molecule has 1 aromatic rings. The molecule has 4 aliphatic rings. The number of amides is 1. The molecule has 1 amide bonds. The highest BCUT2D eigenvalue weighted by atomic mass is 35.5. The normalized spacial score (nSPS) is 39.1. The molecule has 1 heterocycles. The summed E-state index contributed by atoms with van der Waals surface area (Å²) in [7, 11) is 0. The van der Waals surface area contributed by atoms with Crippen LogP contribution in [0.15, 0.2) is 11.1 Å². The second-order valence-corrected chi connectivity index (χ2v) is 8.48. The molecule has 120 valence electrons. The molecular formula is C15H21ClN4O2. The largest absolute Gasteiger partial charge is 0.354 e. The summed E-state index contributed by atoms with van der Waals surface area (Å²) in [5, 5.41) is 8.94. The maximum Gasteiger partial charge on any atom is 0.343 e. The zero-order valence-electron chi connectivity index (χ0n) is 12.5. The van der Waals surface area contributed by atoms with E-state index in [1.54, 1.807) is 0 Å². The average molecular weight is 325 g/mol. The lowest BCUT2D eigenvalue weighted by Crippen LogP contribution is -2.56. The maximum absolute atomic E-state index is 12.1. The fourth-order valence-corrected chi connectivity index (χ4v) is 6.14. The van der Waals surface area contributed by atoms with Crippen molar-refractivity contribution in [2.24, 2.45) is 17.3 Å². The van der Waals surface area contributed by atoms with Crippen LogP contribution < -0.4 is 11.0 Å². The van der Waals surface area contributed by atoms with Crippen LogP contribution in [-0.4, -0.2) is 32.1 Å². The summed E-state index contributed by atoms with van der Waals surface area (Å²) < 4.78 is 1.28. The predicted octanol–water partition coefficient (Wildman–Crippen LogP) is 1.27. The van der Waals surface area contributed by atoms with Gasteiger partial charge in [-0.2, -0.15) is 5.10 Å². The Morgan fingerprint density at radius 2 is 2.14 bits per heavy atom. The van der Waals surface area contributed by atoms with Crippen molar-refractivity contribution in [1.29, 1.82) is 0 Å². The molecule has 0 radical (unpaired) electrons. The van der Waals surface area contributed by atoms with E-state index in [1.807, 2.05) is 0 Å². The van der Waals surface area contributed by atoms with E-state index < -0.39 is 0 Å². The van der Waals surface area contributed by atoms with Gasteiger partial charge in [0.05, 0.1) is 0 Å². The highest BCUT2D eigenvalue weighted by molar-refractivity contribution is 6.24. The molecule has 2 atom stereocenters. The van der Waals surface area contributed by atoms with Crippen LogP contribution >= 0.6 is 11.6 Å². The van der Waals surface area contributed by atoms with Crippen molar-refractivity contribution >= 4 is 17.5 Å². The summed E-state index contributed by atoms with van der Waals surface area (Å²) in [6, 6.07) is 0. The number of aromatic nitrogens is 3. The Balaban J connectivity index is 1.40. The van der Waals surface area contributed by atoms with Gasteiger partial charge in [0.15, 0.2) is 0 Å². The Hall–Kier alpha value is -1.30. The predicted molar refractivity (Wildman–Crippen MR) is 81.6 cm³/mol. The van der Waals surface area contributed by atoms with Crippen molar-refractivity contribution in [3.05, 3.63) is 16.8 Å². The third-order valence-electron chi connectivity index (χ3n) is 5.70. The Bertz CT molecular complexity index is 638. The first-order chi connectivity index (χ1) is 10.5. The number of aromatic amines is 1. The number of alkyl halides is 1. The van der Waals surface area contributed by atoms with Gasteiger partial charge in [0.1, 0.15) is 12.9 Å². The fourth-order valence-electron chi connectivity index (χ4n) is 5.42. The van der Waals surface area contributed by atoms with Crippen LogP contribution in [0.25, 0.3) is 0 Å². The minimum absolute atomic E-state index is 0.0181. The lowest BCUT2D eigenvalue weighted by Gasteiger charge is -2.60. The molecule has 0 saturated heterocycles. The van der Waals surface area contributed by atoms with Crippen molar-refractivity contribution < 1.29 is 4.79 Å². The van der Waals surface area contributed by atoms with E-state index in [9.17, 15) is 9.59 Å². The average Bonchev–Trinajstić information content (AvgIpc) is 2.79. The second-order valence-electron chi connectivity index (χ2n) is 7.68. The molecule has 0 aliphatic heterocycles. The van der Waals surface area contributed by atoms with Gasteiger partial charge in [0, 0.05) is 11.4 Å². The number of nitrogens with zero attached hydrogens (tertiary/aromatic N) is 2. The molecule has 0 spiro atoms. The summed E-state index contributed by atoms with van der Waals surface area (Å²) in [6.07, 6.45) is 8.33. The topological polar surface area (TPSA) is 79.8 Å². The van der Waals surface area contributed by atoms with Gasteiger partial charge in [0.25, 0.3) is 0 Å². The van der Waals surface area contributed by atoms with Crippen LogP contribution in [0.1, 0.15) is 38.5 Å². The number of hydrogen-bond acceptors (Lipinski definition) is 3. The molecule has 4 fully saturated rings. The third-order valence-corrected chi connectivity index (χ3v) is 6.15. The van der Waals surface area contributed by atoms with Gasteiger partial charge in [-0.3, -0.25) is 9.36 Å². The van der Waals surface area contributed by atoms with Crippen LogP contribution in [0.4, 0.5) is 0 Å². The summed E-state index contributed by atoms with van der Waals surface area (Å²) >= 11 is 6.80.